The predicted molar refractivity (Wildman–Crippen MR) is 62.3 cm³/mol. The number of rotatable bonds is 1. The van der Waals surface area contributed by atoms with Crippen LogP contribution in [0.25, 0.3) is 5.69 Å². The summed E-state index contributed by atoms with van der Waals surface area (Å²) in [6, 6.07) is 3.76. The average molecular weight is 239 g/mol. The lowest BCUT2D eigenvalue weighted by Crippen LogP contribution is -2.22. The molecule has 0 atom stereocenters. The highest BCUT2D eigenvalue weighted by atomic mass is 19.1. The first-order chi connectivity index (χ1) is 8.08. The Morgan fingerprint density at radius 1 is 1.24 bits per heavy atom. The Kier molecular flexibility index (Phi) is 3.97. The summed E-state index contributed by atoms with van der Waals surface area (Å²) >= 11 is 0. The summed E-state index contributed by atoms with van der Waals surface area (Å²) in [4.78, 5) is 11.4. The molecule has 0 radical (unpaired) electrons. The molecule has 1 aromatic carbocycles. The van der Waals surface area contributed by atoms with E-state index in [1.807, 2.05) is 13.8 Å². The van der Waals surface area contributed by atoms with Gasteiger partial charge < -0.3 is 5.73 Å². The van der Waals surface area contributed by atoms with Gasteiger partial charge in [-0.15, -0.1) is 0 Å². The maximum Gasteiger partial charge on any atom is 0.368 e. The second-order valence-corrected chi connectivity index (χ2v) is 3.04. The summed E-state index contributed by atoms with van der Waals surface area (Å²) in [5.74, 6) is -0.525. The van der Waals surface area contributed by atoms with Gasteiger partial charge in [0.15, 0.2) is 0 Å². The minimum absolute atomic E-state index is 0.225. The molecule has 6 nitrogen and oxygen atoms in total. The van der Waals surface area contributed by atoms with Crippen molar-refractivity contribution in [2.75, 3.05) is 5.73 Å². The van der Waals surface area contributed by atoms with Crippen LogP contribution in [0.2, 0.25) is 0 Å². The maximum absolute atomic E-state index is 13.0. The Balaban J connectivity index is 0.000000686. The topological polar surface area (TPSA) is 78.7 Å². The summed E-state index contributed by atoms with van der Waals surface area (Å²) in [5, 5.41) is 7.07. The van der Waals surface area contributed by atoms with Crippen LogP contribution in [0.15, 0.2) is 23.0 Å². The van der Waals surface area contributed by atoms with E-state index in [2.05, 4.69) is 10.4 Å². The van der Waals surface area contributed by atoms with E-state index in [9.17, 15) is 9.18 Å². The summed E-state index contributed by atoms with van der Waals surface area (Å²) in [6.45, 7) is 4.00. The molecule has 0 unspecified atom stereocenters. The molecule has 0 bridgehead atoms. The van der Waals surface area contributed by atoms with Gasteiger partial charge in [-0.1, -0.05) is 13.8 Å². The number of nitrogens with two attached hydrogens (primary N) is 1. The Bertz CT molecular complexity index is 540. The first-order valence-electron chi connectivity index (χ1n) is 5.13. The Morgan fingerprint density at radius 3 is 2.35 bits per heavy atom. The minimum Gasteiger partial charge on any atom is -0.399 e. The zero-order valence-corrected chi connectivity index (χ0v) is 9.88. The predicted octanol–water partition coefficient (Wildman–Crippen LogP) is 0.713. The Morgan fingerprint density at radius 2 is 1.88 bits per heavy atom. The molecule has 0 saturated heterocycles. The van der Waals surface area contributed by atoms with Gasteiger partial charge in [0.25, 0.3) is 0 Å². The van der Waals surface area contributed by atoms with E-state index in [0.717, 1.165) is 21.5 Å². The van der Waals surface area contributed by atoms with Crippen molar-refractivity contribution >= 4 is 5.69 Å². The van der Waals surface area contributed by atoms with Crippen molar-refractivity contribution < 1.29 is 4.39 Å². The zero-order chi connectivity index (χ0) is 13.0. The second kappa shape index (κ2) is 5.24. The fourth-order valence-corrected chi connectivity index (χ4v) is 1.19. The SMILES string of the molecule is CC.Cn1nnn(-c2cc(N)cc(F)c2)c1=O. The number of aromatic nitrogens is 4. The van der Waals surface area contributed by atoms with Crippen LogP contribution in [0.5, 0.6) is 0 Å². The lowest BCUT2D eigenvalue weighted by atomic mass is 10.3. The Labute approximate surface area is 97.4 Å². The van der Waals surface area contributed by atoms with E-state index in [1.54, 1.807) is 0 Å². The molecule has 2 N–H and O–H groups in total. The number of hydrogen-bond acceptors (Lipinski definition) is 4. The van der Waals surface area contributed by atoms with Gasteiger partial charge in [-0.05, 0) is 28.6 Å². The van der Waals surface area contributed by atoms with E-state index in [0.29, 0.717) is 0 Å². The van der Waals surface area contributed by atoms with Gasteiger partial charge in [0.2, 0.25) is 0 Å². The zero-order valence-electron chi connectivity index (χ0n) is 9.88. The van der Waals surface area contributed by atoms with Crippen molar-refractivity contribution in [1.29, 1.82) is 0 Å². The molecule has 17 heavy (non-hydrogen) atoms. The van der Waals surface area contributed by atoms with Crippen LogP contribution in [-0.2, 0) is 7.05 Å². The third kappa shape index (κ3) is 2.68. The van der Waals surface area contributed by atoms with Crippen molar-refractivity contribution in [1.82, 2.24) is 19.8 Å². The van der Waals surface area contributed by atoms with Crippen LogP contribution in [0, 0.1) is 5.82 Å². The van der Waals surface area contributed by atoms with E-state index in [1.165, 1.54) is 13.1 Å². The molecule has 1 aromatic heterocycles. The smallest absolute Gasteiger partial charge is 0.368 e. The highest BCUT2D eigenvalue weighted by molar-refractivity contribution is 5.47. The van der Waals surface area contributed by atoms with Crippen molar-refractivity contribution in [3.63, 3.8) is 0 Å². The van der Waals surface area contributed by atoms with Crippen molar-refractivity contribution in [2.45, 2.75) is 13.8 Å². The maximum atomic E-state index is 13.0. The van der Waals surface area contributed by atoms with Gasteiger partial charge in [-0.3, -0.25) is 0 Å². The number of aryl methyl sites for hydroxylation is 1. The first kappa shape index (κ1) is 12.9. The van der Waals surface area contributed by atoms with Crippen LogP contribution in [0.1, 0.15) is 13.8 Å². The molecule has 0 saturated carbocycles. The minimum atomic E-state index is -0.525. The van der Waals surface area contributed by atoms with Crippen LogP contribution in [-0.4, -0.2) is 19.8 Å². The van der Waals surface area contributed by atoms with Gasteiger partial charge in [0, 0.05) is 12.7 Å². The molecule has 0 spiro atoms. The molecule has 7 heteroatoms. The molecular formula is C10H14FN5O. The van der Waals surface area contributed by atoms with Gasteiger partial charge in [-0.25, -0.2) is 9.18 Å². The second-order valence-electron chi connectivity index (χ2n) is 3.04. The van der Waals surface area contributed by atoms with E-state index in [-0.39, 0.29) is 11.4 Å². The number of tetrazole rings is 1. The third-order valence-electron chi connectivity index (χ3n) is 1.87. The average Bonchev–Trinajstić information content (AvgIpc) is 2.61. The summed E-state index contributed by atoms with van der Waals surface area (Å²) in [5.41, 5.74) is 5.46. The molecule has 0 amide bonds. The van der Waals surface area contributed by atoms with Crippen LogP contribution >= 0.6 is 0 Å². The highest BCUT2D eigenvalue weighted by Crippen LogP contribution is 2.12. The van der Waals surface area contributed by atoms with Gasteiger partial charge >= 0.3 is 5.69 Å². The first-order valence-corrected chi connectivity index (χ1v) is 5.13. The molecule has 0 aliphatic heterocycles. The number of halogens is 1. The molecule has 2 aromatic rings. The molecule has 0 aliphatic rings. The normalized spacial score (nSPS) is 9.65. The van der Waals surface area contributed by atoms with Crippen molar-refractivity contribution in [3.05, 3.63) is 34.5 Å². The number of nitrogens with zero attached hydrogens (tertiary/aromatic N) is 4. The number of anilines is 1. The van der Waals surface area contributed by atoms with Gasteiger partial charge in [0.05, 0.1) is 5.69 Å². The molecule has 0 aliphatic carbocycles. The highest BCUT2D eigenvalue weighted by Gasteiger charge is 2.07. The molecule has 1 heterocycles. The molecular weight excluding hydrogens is 225 g/mol. The summed E-state index contributed by atoms with van der Waals surface area (Å²) < 4.78 is 15.0. The van der Waals surface area contributed by atoms with E-state index >= 15 is 0 Å². The fraction of sp³-hybridized carbons (Fsp3) is 0.300. The quantitative estimate of drug-likeness (QED) is 0.743. The number of benzene rings is 1. The Hall–Kier alpha value is -2.18. The van der Waals surface area contributed by atoms with Crippen molar-refractivity contribution in [3.8, 4) is 5.69 Å². The van der Waals surface area contributed by atoms with Gasteiger partial charge in [-0.2, -0.15) is 9.36 Å². The lowest BCUT2D eigenvalue weighted by molar-refractivity contribution is 0.625. The monoisotopic (exact) mass is 239 g/mol. The molecule has 92 valence electrons. The van der Waals surface area contributed by atoms with Crippen molar-refractivity contribution in [2.24, 2.45) is 7.05 Å². The number of hydrogen-bond donors (Lipinski definition) is 1. The van der Waals surface area contributed by atoms with Crippen LogP contribution < -0.4 is 11.4 Å². The summed E-state index contributed by atoms with van der Waals surface area (Å²) in [6.07, 6.45) is 0. The number of nitrogen functional groups attached to an aromatic ring is 1. The van der Waals surface area contributed by atoms with E-state index < -0.39 is 11.5 Å². The van der Waals surface area contributed by atoms with E-state index in [4.69, 9.17) is 5.73 Å². The fourth-order valence-electron chi connectivity index (χ4n) is 1.19. The largest absolute Gasteiger partial charge is 0.399 e. The standard InChI is InChI=1S/C8H8FN5O.C2H6/c1-13-8(15)14(12-11-13)7-3-5(9)2-6(10)4-7;1-2/h2-4H,10H2,1H3;1-2H3. The van der Waals surface area contributed by atoms with Gasteiger partial charge in [0.1, 0.15) is 5.82 Å². The van der Waals surface area contributed by atoms with Crippen LogP contribution in [0.4, 0.5) is 10.1 Å². The third-order valence-corrected chi connectivity index (χ3v) is 1.87. The van der Waals surface area contributed by atoms with Crippen LogP contribution in [0.3, 0.4) is 0 Å². The summed E-state index contributed by atoms with van der Waals surface area (Å²) in [7, 11) is 1.45. The molecule has 0 fully saturated rings. The lowest BCUT2D eigenvalue weighted by Gasteiger charge is -2.00. The molecule has 2 rings (SSSR count).